The highest BCUT2D eigenvalue weighted by Gasteiger charge is 2.52. The van der Waals surface area contributed by atoms with Crippen LogP contribution in [-0.2, 0) is 19.0 Å². The number of aliphatic hydroxyl groups is 2. The molecule has 0 aromatic carbocycles. The fourth-order valence-corrected chi connectivity index (χ4v) is 3.43. The van der Waals surface area contributed by atoms with Gasteiger partial charge in [0.2, 0.25) is 5.96 Å². The number of aliphatic imine (C=N–C) groups is 3. The van der Waals surface area contributed by atoms with Crippen molar-refractivity contribution in [3.63, 3.8) is 0 Å². The molecule has 12 nitrogen and oxygen atoms in total. The standard InChI is InChI=1S/C11H18N6O6S/c1-24(20,21)23-7-6(19)4(2-18)22-10(7)17-3-14-5-8(12)15-11(13)16-9(5)17/h3-7,9-10,18-19H,2H2,1H3,(H4,12,13,15,16)/t4-,5?,6?,7+,9?,10-/m1/s1. The molecule has 1 saturated heterocycles. The summed E-state index contributed by atoms with van der Waals surface area (Å²) in [7, 11) is -3.89. The summed E-state index contributed by atoms with van der Waals surface area (Å²) in [4.78, 5) is 13.6. The summed E-state index contributed by atoms with van der Waals surface area (Å²) < 4.78 is 33.5. The first-order valence-electron chi connectivity index (χ1n) is 7.02. The highest BCUT2D eigenvalue weighted by molar-refractivity contribution is 7.86. The fourth-order valence-electron chi connectivity index (χ4n) is 2.82. The molecule has 3 heterocycles. The predicted molar refractivity (Wildman–Crippen MR) is 82.6 cm³/mol. The molecule has 0 bridgehead atoms. The van der Waals surface area contributed by atoms with Crippen molar-refractivity contribution in [1.82, 2.24) is 4.90 Å². The zero-order valence-corrected chi connectivity index (χ0v) is 13.4. The van der Waals surface area contributed by atoms with Gasteiger partial charge in [0.05, 0.1) is 19.2 Å². The zero-order chi connectivity index (χ0) is 17.6. The largest absolute Gasteiger partial charge is 0.394 e. The summed E-state index contributed by atoms with van der Waals surface area (Å²) in [6, 6.07) is -0.606. The Morgan fingerprint density at radius 2 is 2.17 bits per heavy atom. The Hall–Kier alpha value is -1.80. The molecule has 6 N–H and O–H groups in total. The molecule has 13 heteroatoms. The van der Waals surface area contributed by atoms with Crippen LogP contribution in [0.5, 0.6) is 0 Å². The van der Waals surface area contributed by atoms with E-state index >= 15 is 0 Å². The first-order chi connectivity index (χ1) is 11.2. The van der Waals surface area contributed by atoms with E-state index in [4.69, 9.17) is 20.4 Å². The predicted octanol–water partition coefficient (Wildman–Crippen LogP) is -3.87. The third-order valence-corrected chi connectivity index (χ3v) is 4.40. The minimum absolute atomic E-state index is 0.0536. The van der Waals surface area contributed by atoms with Crippen molar-refractivity contribution in [3.05, 3.63) is 0 Å². The Bertz CT molecular complexity index is 708. The molecule has 3 unspecified atom stereocenters. The highest BCUT2D eigenvalue weighted by atomic mass is 32.2. The van der Waals surface area contributed by atoms with Crippen LogP contribution in [0.3, 0.4) is 0 Å². The summed E-state index contributed by atoms with van der Waals surface area (Å²) in [6.07, 6.45) is -3.22. The molecule has 3 aliphatic heterocycles. The van der Waals surface area contributed by atoms with Gasteiger partial charge in [-0.25, -0.2) is 4.99 Å². The van der Waals surface area contributed by atoms with E-state index in [1.54, 1.807) is 0 Å². The van der Waals surface area contributed by atoms with Crippen LogP contribution in [0.25, 0.3) is 0 Å². The van der Waals surface area contributed by atoms with E-state index in [2.05, 4.69) is 15.0 Å². The van der Waals surface area contributed by atoms with Crippen LogP contribution in [0.1, 0.15) is 0 Å². The SMILES string of the molecule is CS(=O)(=O)O[C@H]1C(O)[C@@H](CO)O[C@H]1N1C=NC2C(N)=NC(N)=NC21. The number of hydrogen-bond donors (Lipinski definition) is 4. The lowest BCUT2D eigenvalue weighted by molar-refractivity contribution is -0.0735. The molecule has 24 heavy (non-hydrogen) atoms. The summed E-state index contributed by atoms with van der Waals surface area (Å²) in [5, 5.41) is 19.5. The van der Waals surface area contributed by atoms with Crippen molar-refractivity contribution >= 4 is 28.3 Å². The minimum Gasteiger partial charge on any atom is -0.394 e. The van der Waals surface area contributed by atoms with Crippen LogP contribution in [-0.4, -0.2) is 91.3 Å². The number of nitrogens with zero attached hydrogens (tertiary/aromatic N) is 4. The smallest absolute Gasteiger partial charge is 0.264 e. The highest BCUT2D eigenvalue weighted by Crippen LogP contribution is 2.32. The van der Waals surface area contributed by atoms with Crippen molar-refractivity contribution in [2.45, 2.75) is 36.7 Å². The van der Waals surface area contributed by atoms with Gasteiger partial charge in [-0.1, -0.05) is 0 Å². The van der Waals surface area contributed by atoms with E-state index in [9.17, 15) is 18.6 Å². The third kappa shape index (κ3) is 2.95. The van der Waals surface area contributed by atoms with Gasteiger partial charge in [-0.15, -0.1) is 0 Å². The van der Waals surface area contributed by atoms with Gasteiger partial charge in [0.1, 0.15) is 24.1 Å². The van der Waals surface area contributed by atoms with Gasteiger partial charge in [-0.2, -0.15) is 13.4 Å². The van der Waals surface area contributed by atoms with E-state index in [1.165, 1.54) is 11.2 Å². The first kappa shape index (κ1) is 17.0. The molecule has 0 saturated carbocycles. The molecular weight excluding hydrogens is 344 g/mol. The average Bonchev–Trinajstić information content (AvgIpc) is 3.00. The van der Waals surface area contributed by atoms with Crippen molar-refractivity contribution in [2.24, 2.45) is 26.4 Å². The second-order valence-electron chi connectivity index (χ2n) is 5.60. The fraction of sp³-hybridized carbons (Fsp3) is 0.727. The quantitative estimate of drug-likeness (QED) is 0.363. The van der Waals surface area contributed by atoms with Gasteiger partial charge in [-0.3, -0.25) is 9.18 Å². The Labute approximate surface area is 137 Å². The number of rotatable bonds is 4. The van der Waals surface area contributed by atoms with Crippen molar-refractivity contribution in [1.29, 1.82) is 0 Å². The molecule has 134 valence electrons. The van der Waals surface area contributed by atoms with E-state index in [-0.39, 0.29) is 11.8 Å². The Morgan fingerprint density at radius 1 is 1.46 bits per heavy atom. The number of nitrogens with two attached hydrogens (primary N) is 2. The zero-order valence-electron chi connectivity index (χ0n) is 12.6. The first-order valence-corrected chi connectivity index (χ1v) is 8.83. The summed E-state index contributed by atoms with van der Waals surface area (Å²) in [5.74, 6) is 0.103. The van der Waals surface area contributed by atoms with E-state index in [1.807, 2.05) is 0 Å². The van der Waals surface area contributed by atoms with E-state index < -0.39 is 53.5 Å². The van der Waals surface area contributed by atoms with Crippen molar-refractivity contribution < 1.29 is 27.6 Å². The number of aliphatic hydroxyl groups excluding tert-OH is 2. The number of hydrogen-bond acceptors (Lipinski definition) is 12. The number of guanidine groups is 1. The summed E-state index contributed by atoms with van der Waals surface area (Å²) in [5.41, 5.74) is 11.4. The lowest BCUT2D eigenvalue weighted by atomic mass is 10.1. The molecule has 0 spiro atoms. The normalized spacial score (nSPS) is 38.9. The second-order valence-corrected chi connectivity index (χ2v) is 7.20. The second kappa shape index (κ2) is 5.93. The molecule has 3 rings (SSSR count). The maximum Gasteiger partial charge on any atom is 0.264 e. The van der Waals surface area contributed by atoms with Gasteiger partial charge < -0.3 is 31.3 Å². The van der Waals surface area contributed by atoms with Crippen molar-refractivity contribution in [3.8, 4) is 0 Å². The molecule has 0 radical (unpaired) electrons. The maximum atomic E-state index is 11.5. The third-order valence-electron chi connectivity index (χ3n) is 3.83. The van der Waals surface area contributed by atoms with Crippen LogP contribution in [0.4, 0.5) is 0 Å². The lowest BCUT2D eigenvalue weighted by Crippen LogP contribution is -2.53. The monoisotopic (exact) mass is 362 g/mol. The van der Waals surface area contributed by atoms with Crippen LogP contribution >= 0.6 is 0 Å². The van der Waals surface area contributed by atoms with Crippen LogP contribution in [0.15, 0.2) is 15.0 Å². The molecule has 1 fully saturated rings. The molecule has 0 aromatic heterocycles. The van der Waals surface area contributed by atoms with E-state index in [0.717, 1.165) is 6.26 Å². The minimum atomic E-state index is -3.89. The topological polar surface area (TPSA) is 185 Å². The van der Waals surface area contributed by atoms with Crippen LogP contribution in [0.2, 0.25) is 0 Å². The van der Waals surface area contributed by atoms with Gasteiger partial charge in [0, 0.05) is 0 Å². The lowest BCUT2D eigenvalue weighted by Gasteiger charge is -2.33. The Kier molecular flexibility index (Phi) is 4.21. The molecule has 3 aliphatic rings. The molecule has 0 aromatic rings. The van der Waals surface area contributed by atoms with Gasteiger partial charge >= 0.3 is 0 Å². The molecule has 0 amide bonds. The van der Waals surface area contributed by atoms with Gasteiger partial charge in [0.15, 0.2) is 18.5 Å². The van der Waals surface area contributed by atoms with Crippen LogP contribution < -0.4 is 11.5 Å². The van der Waals surface area contributed by atoms with Crippen molar-refractivity contribution in [2.75, 3.05) is 12.9 Å². The molecule has 6 atom stereocenters. The maximum absolute atomic E-state index is 11.5. The number of fused-ring (bicyclic) bond motifs is 1. The van der Waals surface area contributed by atoms with Crippen LogP contribution in [0, 0.1) is 0 Å². The Balaban J connectivity index is 1.89. The Morgan fingerprint density at radius 3 is 2.79 bits per heavy atom. The van der Waals surface area contributed by atoms with Gasteiger partial charge in [0.25, 0.3) is 10.1 Å². The average molecular weight is 362 g/mol. The number of amidine groups is 1. The van der Waals surface area contributed by atoms with Gasteiger partial charge in [-0.05, 0) is 0 Å². The number of ether oxygens (including phenoxy) is 1. The van der Waals surface area contributed by atoms with E-state index in [0.29, 0.717) is 0 Å². The summed E-state index contributed by atoms with van der Waals surface area (Å²) >= 11 is 0. The molecular formula is C11H18N6O6S. The molecule has 0 aliphatic carbocycles. The summed E-state index contributed by atoms with van der Waals surface area (Å²) in [6.45, 7) is -0.518.